The van der Waals surface area contributed by atoms with Gasteiger partial charge in [0, 0.05) is 19.7 Å². The summed E-state index contributed by atoms with van der Waals surface area (Å²) in [5.74, 6) is 0.248. The van der Waals surface area contributed by atoms with E-state index in [2.05, 4.69) is 5.32 Å². The molecule has 3 rings (SSSR count). The lowest BCUT2D eigenvalue weighted by molar-refractivity contribution is -0.140. The molecule has 0 unspecified atom stereocenters. The molecule has 0 radical (unpaired) electrons. The van der Waals surface area contributed by atoms with Crippen LogP contribution in [0.25, 0.3) is 0 Å². The number of nitrogens with one attached hydrogen (secondary N) is 1. The number of amides is 2. The molecule has 0 aliphatic heterocycles. The van der Waals surface area contributed by atoms with Gasteiger partial charge in [-0.2, -0.15) is 0 Å². The molecular weight excluding hydrogens is 534 g/mol. The Morgan fingerprint density at radius 2 is 1.55 bits per heavy atom. The molecule has 1 N–H and O–H groups in total. The van der Waals surface area contributed by atoms with Gasteiger partial charge in [-0.05, 0) is 48.4 Å². The van der Waals surface area contributed by atoms with Gasteiger partial charge < -0.3 is 24.4 Å². The minimum absolute atomic E-state index is 0.00892. The smallest absolute Gasteiger partial charge is 0.264 e. The Hall–Kier alpha value is -4.25. The van der Waals surface area contributed by atoms with Crippen molar-refractivity contribution in [3.05, 3.63) is 78.4 Å². The fraction of sp³-hybridized carbons (Fsp3) is 0.310. The number of nitrogens with zero attached hydrogens (tertiary/aromatic N) is 2. The number of likely N-dealkylation sites (N-methyl/N-ethyl adjacent to an activating group) is 1. The molecule has 0 aliphatic carbocycles. The molecule has 0 saturated carbocycles. The van der Waals surface area contributed by atoms with Crippen molar-refractivity contribution < 1.29 is 32.2 Å². The molecule has 2 amide bonds. The maximum Gasteiger partial charge on any atom is 0.264 e. The van der Waals surface area contributed by atoms with Crippen molar-refractivity contribution in [1.82, 2.24) is 10.2 Å². The monoisotopic (exact) mass is 569 g/mol. The van der Waals surface area contributed by atoms with Gasteiger partial charge >= 0.3 is 0 Å². The van der Waals surface area contributed by atoms with Crippen LogP contribution in [-0.4, -0.2) is 66.1 Å². The number of benzene rings is 3. The van der Waals surface area contributed by atoms with E-state index >= 15 is 0 Å². The van der Waals surface area contributed by atoms with Gasteiger partial charge in [0.05, 0.1) is 31.9 Å². The number of anilines is 1. The van der Waals surface area contributed by atoms with E-state index < -0.39 is 28.5 Å². The summed E-state index contributed by atoms with van der Waals surface area (Å²) in [6, 6.07) is 18.8. The summed E-state index contributed by atoms with van der Waals surface area (Å²) >= 11 is 0. The molecule has 1 atom stereocenters. The standard InChI is InChI=1S/C29H35N3O7S/c1-6-25(29(34)30-2)31(19-21-11-10-12-22(17-21)37-3)28(33)20-32(40(35,36)24-13-8-7-9-14-24)26-18-23(38-4)15-16-27(26)39-5/h7-18,25H,6,19-20H2,1-5H3,(H,30,34)/t25-/m0/s1. The summed E-state index contributed by atoms with van der Waals surface area (Å²) in [4.78, 5) is 28.3. The minimum Gasteiger partial charge on any atom is -0.497 e. The van der Waals surface area contributed by atoms with Crippen LogP contribution in [0.1, 0.15) is 18.9 Å². The Kier molecular flexibility index (Phi) is 10.4. The Labute approximate surface area is 235 Å². The summed E-state index contributed by atoms with van der Waals surface area (Å²) in [5, 5.41) is 2.61. The van der Waals surface area contributed by atoms with Crippen molar-refractivity contribution in [3.63, 3.8) is 0 Å². The quantitative estimate of drug-likeness (QED) is 0.335. The van der Waals surface area contributed by atoms with Gasteiger partial charge in [-0.3, -0.25) is 13.9 Å². The van der Waals surface area contributed by atoms with E-state index in [-0.39, 0.29) is 28.8 Å². The summed E-state index contributed by atoms with van der Waals surface area (Å²) in [6.45, 7) is 1.24. The van der Waals surface area contributed by atoms with Crippen molar-refractivity contribution >= 4 is 27.5 Å². The molecule has 3 aromatic rings. The summed E-state index contributed by atoms with van der Waals surface area (Å²) in [7, 11) is 1.64. The Morgan fingerprint density at radius 3 is 2.15 bits per heavy atom. The molecule has 0 heterocycles. The first-order valence-corrected chi connectivity index (χ1v) is 14.1. The number of carbonyl (C=O) groups is 2. The van der Waals surface area contributed by atoms with E-state index in [0.717, 1.165) is 4.31 Å². The lowest BCUT2D eigenvalue weighted by Gasteiger charge is -2.33. The Morgan fingerprint density at radius 1 is 0.875 bits per heavy atom. The molecule has 3 aromatic carbocycles. The van der Waals surface area contributed by atoms with E-state index in [1.807, 2.05) is 6.07 Å². The van der Waals surface area contributed by atoms with E-state index in [0.29, 0.717) is 23.5 Å². The summed E-state index contributed by atoms with van der Waals surface area (Å²) < 4.78 is 45.1. The zero-order valence-corrected chi connectivity index (χ0v) is 24.1. The summed E-state index contributed by atoms with van der Waals surface area (Å²) in [6.07, 6.45) is 0.309. The lowest BCUT2D eigenvalue weighted by atomic mass is 10.1. The highest BCUT2D eigenvalue weighted by atomic mass is 32.2. The molecule has 0 saturated heterocycles. The van der Waals surface area contributed by atoms with Crippen LogP contribution in [-0.2, 0) is 26.2 Å². The second kappa shape index (κ2) is 13.7. The van der Waals surface area contributed by atoms with Crippen LogP contribution in [0.3, 0.4) is 0 Å². The van der Waals surface area contributed by atoms with Crippen LogP contribution < -0.4 is 23.8 Å². The van der Waals surface area contributed by atoms with Crippen molar-refractivity contribution in [1.29, 1.82) is 0 Å². The summed E-state index contributed by atoms with van der Waals surface area (Å²) in [5.41, 5.74) is 0.833. The topological polar surface area (TPSA) is 114 Å². The fourth-order valence-electron chi connectivity index (χ4n) is 4.28. The Bertz CT molecular complexity index is 1410. The molecule has 0 aliphatic rings. The van der Waals surface area contributed by atoms with E-state index in [4.69, 9.17) is 14.2 Å². The highest BCUT2D eigenvalue weighted by Crippen LogP contribution is 2.36. The average molecular weight is 570 g/mol. The van der Waals surface area contributed by atoms with E-state index in [9.17, 15) is 18.0 Å². The zero-order valence-electron chi connectivity index (χ0n) is 23.3. The first-order chi connectivity index (χ1) is 19.2. The molecule has 11 heteroatoms. The number of hydrogen-bond acceptors (Lipinski definition) is 7. The van der Waals surface area contributed by atoms with Crippen molar-refractivity contribution in [2.75, 3.05) is 39.2 Å². The predicted octanol–water partition coefficient (Wildman–Crippen LogP) is 3.46. The molecule has 10 nitrogen and oxygen atoms in total. The van der Waals surface area contributed by atoms with Crippen LogP contribution in [0.4, 0.5) is 5.69 Å². The zero-order chi connectivity index (χ0) is 29.3. The third-order valence-corrected chi connectivity index (χ3v) is 8.16. The van der Waals surface area contributed by atoms with Gasteiger partial charge in [0.25, 0.3) is 10.0 Å². The van der Waals surface area contributed by atoms with Crippen LogP contribution in [0.15, 0.2) is 77.7 Å². The SMILES string of the molecule is CC[C@@H](C(=O)NC)N(Cc1cccc(OC)c1)C(=O)CN(c1cc(OC)ccc1OC)S(=O)(=O)c1ccccc1. The van der Waals surface area contributed by atoms with Gasteiger partial charge in [-0.25, -0.2) is 8.42 Å². The molecule has 214 valence electrons. The number of hydrogen-bond donors (Lipinski definition) is 1. The second-order valence-corrected chi connectivity index (χ2v) is 10.6. The highest BCUT2D eigenvalue weighted by Gasteiger charge is 2.34. The number of rotatable bonds is 13. The molecule has 0 aromatic heterocycles. The highest BCUT2D eigenvalue weighted by molar-refractivity contribution is 7.92. The van der Waals surface area contributed by atoms with E-state index in [1.165, 1.54) is 51.5 Å². The largest absolute Gasteiger partial charge is 0.497 e. The van der Waals surface area contributed by atoms with Crippen LogP contribution in [0.2, 0.25) is 0 Å². The van der Waals surface area contributed by atoms with Crippen molar-refractivity contribution in [3.8, 4) is 17.2 Å². The van der Waals surface area contributed by atoms with Gasteiger partial charge in [-0.15, -0.1) is 0 Å². The van der Waals surface area contributed by atoms with Crippen molar-refractivity contribution in [2.45, 2.75) is 30.8 Å². The fourth-order valence-corrected chi connectivity index (χ4v) is 5.72. The maximum absolute atomic E-state index is 14.1. The van der Waals surface area contributed by atoms with Crippen LogP contribution in [0.5, 0.6) is 17.2 Å². The van der Waals surface area contributed by atoms with Gasteiger partial charge in [0.1, 0.15) is 29.8 Å². The number of carbonyl (C=O) groups excluding carboxylic acids is 2. The van der Waals surface area contributed by atoms with Gasteiger partial charge in [0.2, 0.25) is 11.8 Å². The molecule has 0 bridgehead atoms. The Balaban J connectivity index is 2.14. The second-order valence-electron chi connectivity index (χ2n) is 8.77. The first kappa shape index (κ1) is 30.3. The molecular formula is C29H35N3O7S. The third kappa shape index (κ3) is 6.84. The molecule has 0 fully saturated rings. The van der Waals surface area contributed by atoms with Gasteiger partial charge in [0.15, 0.2) is 0 Å². The number of sulfonamides is 1. The number of ether oxygens (including phenoxy) is 3. The third-order valence-electron chi connectivity index (χ3n) is 6.38. The van der Waals surface area contributed by atoms with Crippen LogP contribution >= 0.6 is 0 Å². The maximum atomic E-state index is 14.1. The molecule has 40 heavy (non-hydrogen) atoms. The lowest BCUT2D eigenvalue weighted by Crippen LogP contribution is -2.51. The average Bonchev–Trinajstić information content (AvgIpc) is 2.99. The van der Waals surface area contributed by atoms with Gasteiger partial charge in [-0.1, -0.05) is 37.3 Å². The predicted molar refractivity (Wildman–Crippen MR) is 152 cm³/mol. The van der Waals surface area contributed by atoms with Crippen LogP contribution in [0, 0.1) is 0 Å². The van der Waals surface area contributed by atoms with E-state index in [1.54, 1.807) is 55.5 Å². The van der Waals surface area contributed by atoms with Crippen molar-refractivity contribution in [2.24, 2.45) is 0 Å². The minimum atomic E-state index is -4.25. The normalized spacial score (nSPS) is 11.7. The number of methoxy groups -OCH3 is 3. The first-order valence-electron chi connectivity index (χ1n) is 12.6. The molecule has 0 spiro atoms.